The third-order valence-electron chi connectivity index (χ3n) is 8.17. The number of carbonyl (C=O) groups is 1. The monoisotopic (exact) mass is 522 g/mol. The van der Waals surface area contributed by atoms with E-state index in [-0.39, 0.29) is 10.2 Å². The number of hydrogen-bond donors (Lipinski definition) is 0. The lowest BCUT2D eigenvalue weighted by molar-refractivity contribution is -0.108. The number of aromatic nitrogens is 2. The zero-order valence-corrected chi connectivity index (χ0v) is 24.0. The fraction of sp³-hybridized carbons (Fsp3) is 0.414. The third-order valence-corrected chi connectivity index (χ3v) is 17.4. The minimum absolute atomic E-state index is 0.173. The first-order chi connectivity index (χ1) is 17.0. The summed E-state index contributed by atoms with van der Waals surface area (Å²) in [5.41, 5.74) is -0.513. The van der Waals surface area contributed by atoms with Gasteiger partial charge in [0.2, 0.25) is 15.0 Å². The van der Waals surface area contributed by atoms with Crippen molar-refractivity contribution in [3.63, 3.8) is 0 Å². The normalized spacial score (nSPS) is 14.7. The number of carbonyl (C=O) groups excluding carboxylic acids is 1. The summed E-state index contributed by atoms with van der Waals surface area (Å²) in [6.07, 6.45) is 4.67. The highest BCUT2D eigenvalue weighted by Gasteiger charge is 2.60. The van der Waals surface area contributed by atoms with Gasteiger partial charge in [0.05, 0.1) is 4.75 Å². The molecule has 1 heterocycles. The Morgan fingerprint density at radius 2 is 1.28 bits per heavy atom. The molecule has 0 fully saturated rings. The van der Waals surface area contributed by atoms with Crippen LogP contribution in [0.25, 0.3) is 0 Å². The van der Waals surface area contributed by atoms with Crippen molar-refractivity contribution in [2.75, 3.05) is 0 Å². The SMILES string of the molecule is CCC(CC)([C@H](C)[C@H](C=O)[Si](c1ccccc1)(c1ccccc1)C(C)(C)C)S(=O)(=O)c1ncccn1. The van der Waals surface area contributed by atoms with E-state index < -0.39 is 34.1 Å². The number of sulfone groups is 1. The summed E-state index contributed by atoms with van der Waals surface area (Å²) in [6, 6.07) is 22.1. The molecule has 0 saturated carbocycles. The number of benzene rings is 2. The van der Waals surface area contributed by atoms with E-state index in [1.807, 2.05) is 57.2 Å². The van der Waals surface area contributed by atoms with Crippen LogP contribution in [0.5, 0.6) is 0 Å². The average Bonchev–Trinajstić information content (AvgIpc) is 2.88. The Hall–Kier alpha value is -2.64. The molecule has 1 aromatic heterocycles. The molecule has 0 amide bonds. The van der Waals surface area contributed by atoms with Crippen LogP contribution >= 0.6 is 0 Å². The zero-order chi connectivity index (χ0) is 26.6. The van der Waals surface area contributed by atoms with Crippen LogP contribution in [0.3, 0.4) is 0 Å². The molecule has 3 aromatic rings. The molecule has 2 aromatic carbocycles. The summed E-state index contributed by atoms with van der Waals surface area (Å²) in [5.74, 6) is -0.481. The van der Waals surface area contributed by atoms with Crippen LogP contribution in [-0.4, -0.2) is 37.5 Å². The molecule has 0 N–H and O–H groups in total. The molecule has 7 heteroatoms. The molecule has 0 aliphatic carbocycles. The predicted molar refractivity (Wildman–Crippen MR) is 149 cm³/mol. The molecule has 0 unspecified atom stereocenters. The predicted octanol–water partition coefficient (Wildman–Crippen LogP) is 5.08. The Bertz CT molecular complexity index is 1200. The van der Waals surface area contributed by atoms with Crippen LogP contribution in [0.1, 0.15) is 54.4 Å². The molecular formula is C29H38N2O3SSi. The molecule has 0 radical (unpaired) electrons. The lowest BCUT2D eigenvalue weighted by atomic mass is 9.85. The van der Waals surface area contributed by atoms with Crippen molar-refractivity contribution in [2.24, 2.45) is 5.92 Å². The Morgan fingerprint density at radius 3 is 1.64 bits per heavy atom. The summed E-state index contributed by atoms with van der Waals surface area (Å²) < 4.78 is 27.2. The number of nitrogens with zero attached hydrogens (tertiary/aromatic N) is 2. The maximum absolute atomic E-state index is 14.2. The lowest BCUT2D eigenvalue weighted by Crippen LogP contribution is -2.70. The van der Waals surface area contributed by atoms with Crippen molar-refractivity contribution < 1.29 is 13.2 Å². The Balaban J connectivity index is 2.39. The van der Waals surface area contributed by atoms with Gasteiger partial charge in [0.25, 0.3) is 0 Å². The van der Waals surface area contributed by atoms with E-state index in [4.69, 9.17) is 0 Å². The molecule has 0 bridgehead atoms. The first kappa shape index (κ1) is 27.9. The number of hydrogen-bond acceptors (Lipinski definition) is 5. The van der Waals surface area contributed by atoms with Gasteiger partial charge in [-0.05, 0) is 29.9 Å². The first-order valence-electron chi connectivity index (χ1n) is 12.6. The van der Waals surface area contributed by atoms with E-state index in [9.17, 15) is 13.2 Å². The highest BCUT2D eigenvalue weighted by atomic mass is 32.2. The molecular weight excluding hydrogens is 484 g/mol. The minimum Gasteiger partial charge on any atom is -0.303 e. The van der Waals surface area contributed by atoms with E-state index >= 15 is 0 Å². The smallest absolute Gasteiger partial charge is 0.247 e. The molecule has 3 rings (SSSR count). The van der Waals surface area contributed by atoms with Crippen LogP contribution in [-0.2, 0) is 14.6 Å². The van der Waals surface area contributed by atoms with Crippen molar-refractivity contribution >= 4 is 34.6 Å². The molecule has 0 aliphatic heterocycles. The first-order valence-corrected chi connectivity index (χ1v) is 16.2. The summed E-state index contributed by atoms with van der Waals surface area (Å²) in [4.78, 5) is 21.6. The third kappa shape index (κ3) is 4.37. The largest absolute Gasteiger partial charge is 0.303 e. The van der Waals surface area contributed by atoms with Gasteiger partial charge in [-0.2, -0.15) is 0 Å². The van der Waals surface area contributed by atoms with Crippen molar-refractivity contribution in [2.45, 2.75) is 74.9 Å². The second-order valence-electron chi connectivity index (χ2n) is 10.5. The molecule has 192 valence electrons. The fourth-order valence-electron chi connectivity index (χ4n) is 6.37. The maximum Gasteiger partial charge on any atom is 0.247 e. The van der Waals surface area contributed by atoms with E-state index in [0.717, 1.165) is 16.7 Å². The summed E-state index contributed by atoms with van der Waals surface area (Å²) in [7, 11) is -6.88. The van der Waals surface area contributed by atoms with Gasteiger partial charge in [0.15, 0.2) is 0 Å². The highest BCUT2D eigenvalue weighted by Crippen LogP contribution is 2.51. The Labute approximate surface area is 217 Å². The fourth-order valence-corrected chi connectivity index (χ4v) is 15.2. The molecule has 0 spiro atoms. The molecule has 0 saturated heterocycles. The summed E-state index contributed by atoms with van der Waals surface area (Å²) in [6.45, 7) is 12.3. The van der Waals surface area contributed by atoms with Gasteiger partial charge >= 0.3 is 0 Å². The second-order valence-corrected chi connectivity index (χ2v) is 17.7. The van der Waals surface area contributed by atoms with E-state index in [0.29, 0.717) is 12.8 Å². The Morgan fingerprint density at radius 1 is 0.833 bits per heavy atom. The standard InChI is InChI=1S/C29H38N2O3SSi/c1-7-29(8-2,35(33,34)27-30-20-15-21-31-27)23(3)26(22-32)36(28(4,5)6,24-16-11-9-12-17-24)25-18-13-10-14-19-25/h9-23,26H,7-8H2,1-6H3/t23-,26+/m1/s1. The maximum atomic E-state index is 14.2. The number of rotatable bonds is 10. The molecule has 0 aliphatic rings. The average molecular weight is 523 g/mol. The van der Waals surface area contributed by atoms with Crippen molar-refractivity contribution in [3.05, 3.63) is 79.1 Å². The van der Waals surface area contributed by atoms with Crippen LogP contribution in [0, 0.1) is 5.92 Å². The van der Waals surface area contributed by atoms with Gasteiger partial charge in [-0.15, -0.1) is 0 Å². The van der Waals surface area contributed by atoms with Crippen LogP contribution in [0.4, 0.5) is 0 Å². The minimum atomic E-state index is -3.95. The topological polar surface area (TPSA) is 77.0 Å². The van der Waals surface area contributed by atoms with Crippen molar-refractivity contribution in [1.82, 2.24) is 9.97 Å². The van der Waals surface area contributed by atoms with Gasteiger partial charge in [-0.1, -0.05) is 113 Å². The summed E-state index contributed by atoms with van der Waals surface area (Å²) in [5, 5.41) is 1.78. The highest BCUT2D eigenvalue weighted by molar-refractivity contribution is 7.92. The van der Waals surface area contributed by atoms with Gasteiger partial charge in [0.1, 0.15) is 14.4 Å². The van der Waals surface area contributed by atoms with E-state index in [1.54, 1.807) is 6.07 Å². The summed E-state index contributed by atoms with van der Waals surface area (Å²) >= 11 is 0. The second kappa shape index (κ2) is 10.8. The van der Waals surface area contributed by atoms with Gasteiger partial charge in [-0.25, -0.2) is 18.4 Å². The van der Waals surface area contributed by atoms with Crippen molar-refractivity contribution in [3.8, 4) is 0 Å². The Kier molecular flexibility index (Phi) is 8.36. The lowest BCUT2D eigenvalue weighted by Gasteiger charge is -2.52. The molecule has 5 nitrogen and oxygen atoms in total. The molecule has 36 heavy (non-hydrogen) atoms. The quantitative estimate of drug-likeness (QED) is 0.211. The van der Waals surface area contributed by atoms with Gasteiger partial charge in [0, 0.05) is 17.9 Å². The van der Waals surface area contributed by atoms with Gasteiger partial charge in [-0.3, -0.25) is 0 Å². The van der Waals surface area contributed by atoms with E-state index in [2.05, 4.69) is 55.0 Å². The zero-order valence-electron chi connectivity index (χ0n) is 22.2. The van der Waals surface area contributed by atoms with Crippen molar-refractivity contribution in [1.29, 1.82) is 0 Å². The van der Waals surface area contributed by atoms with E-state index in [1.165, 1.54) is 12.4 Å². The van der Waals surface area contributed by atoms with Gasteiger partial charge < -0.3 is 4.79 Å². The molecule has 2 atom stereocenters. The van der Waals surface area contributed by atoms with Crippen LogP contribution < -0.4 is 10.4 Å². The number of aldehydes is 1. The van der Waals surface area contributed by atoms with Crippen LogP contribution in [0.2, 0.25) is 10.6 Å². The van der Waals surface area contributed by atoms with Crippen LogP contribution in [0.15, 0.2) is 84.3 Å².